The lowest BCUT2D eigenvalue weighted by Crippen LogP contribution is -2.31. The highest BCUT2D eigenvalue weighted by Crippen LogP contribution is 2.28. The highest BCUT2D eigenvalue weighted by atomic mass is 32.2. The van der Waals surface area contributed by atoms with Crippen molar-refractivity contribution in [3.05, 3.63) is 71.3 Å². The van der Waals surface area contributed by atoms with Gasteiger partial charge in [0.05, 0.1) is 12.1 Å². The molecule has 0 unspecified atom stereocenters. The number of benzene rings is 2. The molecular formula is C21H22N2O3S2. The van der Waals surface area contributed by atoms with Crippen molar-refractivity contribution < 1.29 is 14.3 Å². The van der Waals surface area contributed by atoms with E-state index < -0.39 is 12.1 Å². The Hall–Kier alpha value is -2.25. The van der Waals surface area contributed by atoms with Crippen molar-refractivity contribution >= 4 is 39.8 Å². The maximum Gasteiger partial charge on any atom is 0.339 e. The molecule has 1 amide bonds. The van der Waals surface area contributed by atoms with E-state index in [9.17, 15) is 9.59 Å². The summed E-state index contributed by atoms with van der Waals surface area (Å²) >= 11 is 3.36. The van der Waals surface area contributed by atoms with Gasteiger partial charge in [-0.2, -0.15) is 0 Å². The molecule has 0 aromatic heterocycles. The van der Waals surface area contributed by atoms with Crippen LogP contribution in [0.2, 0.25) is 0 Å². The Morgan fingerprint density at radius 2 is 1.86 bits per heavy atom. The Kier molecular flexibility index (Phi) is 7.17. The van der Waals surface area contributed by atoms with Crippen molar-refractivity contribution in [2.45, 2.75) is 11.9 Å². The van der Waals surface area contributed by atoms with Crippen LogP contribution in [-0.4, -0.2) is 47.5 Å². The second-order valence-corrected chi connectivity index (χ2v) is 8.68. The van der Waals surface area contributed by atoms with Gasteiger partial charge in [-0.15, -0.1) is 0 Å². The van der Waals surface area contributed by atoms with E-state index in [1.165, 1.54) is 4.90 Å². The molecule has 0 fully saturated rings. The van der Waals surface area contributed by atoms with Crippen LogP contribution in [0.15, 0.2) is 59.6 Å². The molecule has 2 aromatic rings. The van der Waals surface area contributed by atoms with Crippen LogP contribution >= 0.6 is 23.5 Å². The van der Waals surface area contributed by atoms with E-state index in [-0.39, 0.29) is 5.91 Å². The van der Waals surface area contributed by atoms with E-state index in [4.69, 9.17) is 4.74 Å². The fraction of sp³-hybridized carbons (Fsp3) is 0.286. The molecule has 0 saturated carbocycles. The summed E-state index contributed by atoms with van der Waals surface area (Å²) in [7, 11) is 3.30. The summed E-state index contributed by atoms with van der Waals surface area (Å²) in [6.07, 6.45) is -0.973. The smallest absolute Gasteiger partial charge is 0.339 e. The third kappa shape index (κ3) is 5.17. The standard InChI is InChI=1S/C21H22N2O3S2/c1-23(2)19(24)18(15-8-4-3-5-9-15)26-20(25)17-11-7-6-10-16(17)14-28-21-22-12-13-27-21/h3-11,18H,12-14H2,1-2H3/t18-/m0/s1. The molecule has 1 atom stereocenters. The SMILES string of the molecule is CN(C)C(=O)[C@@H](OC(=O)c1ccccc1CSC1=NCCS1)c1ccccc1. The molecule has 2 aromatic carbocycles. The lowest BCUT2D eigenvalue weighted by atomic mass is 10.1. The summed E-state index contributed by atoms with van der Waals surface area (Å²) in [6.45, 7) is 0.849. The number of likely N-dealkylation sites (N-methyl/N-ethyl adjacent to an activating group) is 1. The van der Waals surface area contributed by atoms with Crippen molar-refractivity contribution in [3.8, 4) is 0 Å². The molecular weight excluding hydrogens is 392 g/mol. The number of esters is 1. The van der Waals surface area contributed by atoms with Crippen molar-refractivity contribution in [2.24, 2.45) is 4.99 Å². The number of carbonyl (C=O) groups is 2. The van der Waals surface area contributed by atoms with E-state index in [0.717, 1.165) is 22.2 Å². The van der Waals surface area contributed by atoms with Gasteiger partial charge in [-0.05, 0) is 11.6 Å². The molecule has 0 aliphatic carbocycles. The van der Waals surface area contributed by atoms with Crippen LogP contribution in [0.25, 0.3) is 0 Å². The van der Waals surface area contributed by atoms with Crippen molar-refractivity contribution in [1.29, 1.82) is 0 Å². The fourth-order valence-electron chi connectivity index (χ4n) is 2.68. The first-order chi connectivity index (χ1) is 13.6. The summed E-state index contributed by atoms with van der Waals surface area (Å²) < 4.78 is 6.73. The molecule has 1 aliphatic heterocycles. The maximum absolute atomic E-state index is 12.9. The van der Waals surface area contributed by atoms with Gasteiger partial charge in [0, 0.05) is 31.2 Å². The Labute approximate surface area is 173 Å². The second kappa shape index (κ2) is 9.80. The van der Waals surface area contributed by atoms with Crippen LogP contribution in [0.4, 0.5) is 0 Å². The molecule has 0 radical (unpaired) electrons. The predicted octanol–water partition coefficient (Wildman–Crippen LogP) is 4.01. The summed E-state index contributed by atoms with van der Waals surface area (Å²) in [5.74, 6) is 0.871. The van der Waals surface area contributed by atoms with Gasteiger partial charge >= 0.3 is 5.97 Å². The molecule has 7 heteroatoms. The van der Waals surface area contributed by atoms with Gasteiger partial charge in [-0.3, -0.25) is 9.79 Å². The van der Waals surface area contributed by atoms with Gasteiger partial charge in [-0.1, -0.05) is 72.1 Å². The lowest BCUT2D eigenvalue weighted by Gasteiger charge is -2.21. The number of ether oxygens (including phenoxy) is 1. The van der Waals surface area contributed by atoms with Crippen LogP contribution in [0.5, 0.6) is 0 Å². The third-order valence-electron chi connectivity index (χ3n) is 4.14. The number of thioether (sulfide) groups is 2. The van der Waals surface area contributed by atoms with Gasteiger partial charge < -0.3 is 9.64 Å². The molecule has 0 N–H and O–H groups in total. The number of aliphatic imine (C=N–C) groups is 1. The maximum atomic E-state index is 12.9. The third-order valence-corrected chi connectivity index (χ3v) is 6.44. The highest BCUT2D eigenvalue weighted by Gasteiger charge is 2.27. The van der Waals surface area contributed by atoms with Gasteiger partial charge in [0.2, 0.25) is 6.10 Å². The normalized spacial score (nSPS) is 14.3. The minimum absolute atomic E-state index is 0.275. The summed E-state index contributed by atoms with van der Waals surface area (Å²) in [4.78, 5) is 31.4. The highest BCUT2D eigenvalue weighted by molar-refractivity contribution is 8.38. The molecule has 1 aliphatic rings. The number of carbonyl (C=O) groups excluding carboxylic acids is 2. The van der Waals surface area contributed by atoms with Crippen LogP contribution in [0, 0.1) is 0 Å². The Balaban J connectivity index is 1.79. The first-order valence-electron chi connectivity index (χ1n) is 8.91. The molecule has 5 nitrogen and oxygen atoms in total. The summed E-state index contributed by atoms with van der Waals surface area (Å²) in [6, 6.07) is 16.4. The lowest BCUT2D eigenvalue weighted by molar-refractivity contribution is -0.138. The minimum Gasteiger partial charge on any atom is -0.444 e. The first kappa shape index (κ1) is 20.5. The van der Waals surface area contributed by atoms with Crippen LogP contribution in [-0.2, 0) is 15.3 Å². The largest absolute Gasteiger partial charge is 0.444 e. The number of nitrogens with zero attached hydrogens (tertiary/aromatic N) is 2. The van der Waals surface area contributed by atoms with Crippen LogP contribution < -0.4 is 0 Å². The summed E-state index contributed by atoms with van der Waals surface area (Å²) in [5.41, 5.74) is 2.00. The van der Waals surface area contributed by atoms with E-state index in [1.807, 2.05) is 30.3 Å². The van der Waals surface area contributed by atoms with Gasteiger partial charge in [0.25, 0.3) is 5.91 Å². The van der Waals surface area contributed by atoms with Gasteiger partial charge in [-0.25, -0.2) is 4.79 Å². The average molecular weight is 415 g/mol. The van der Waals surface area contributed by atoms with Crippen LogP contribution in [0.1, 0.15) is 27.6 Å². The number of hydrogen-bond donors (Lipinski definition) is 0. The number of rotatable bonds is 6. The molecule has 0 saturated heterocycles. The zero-order valence-corrected chi connectivity index (χ0v) is 17.5. The van der Waals surface area contributed by atoms with E-state index in [1.54, 1.807) is 61.9 Å². The number of amides is 1. The van der Waals surface area contributed by atoms with Crippen LogP contribution in [0.3, 0.4) is 0 Å². The molecule has 3 rings (SSSR count). The molecule has 146 valence electrons. The Morgan fingerprint density at radius 1 is 1.14 bits per heavy atom. The fourth-order valence-corrected chi connectivity index (χ4v) is 4.69. The molecule has 0 bridgehead atoms. The quantitative estimate of drug-likeness (QED) is 0.669. The number of hydrogen-bond acceptors (Lipinski definition) is 6. The van der Waals surface area contributed by atoms with Gasteiger partial charge in [0.1, 0.15) is 4.38 Å². The second-order valence-electron chi connectivity index (χ2n) is 6.37. The monoisotopic (exact) mass is 414 g/mol. The molecule has 0 spiro atoms. The molecule has 1 heterocycles. The Bertz CT molecular complexity index is 869. The van der Waals surface area contributed by atoms with E-state index in [2.05, 4.69) is 4.99 Å². The zero-order valence-electron chi connectivity index (χ0n) is 15.8. The molecule has 28 heavy (non-hydrogen) atoms. The zero-order chi connectivity index (χ0) is 19.9. The van der Waals surface area contributed by atoms with E-state index >= 15 is 0 Å². The summed E-state index contributed by atoms with van der Waals surface area (Å²) in [5, 5.41) is 0. The average Bonchev–Trinajstić information content (AvgIpc) is 3.24. The van der Waals surface area contributed by atoms with E-state index in [0.29, 0.717) is 16.9 Å². The Morgan fingerprint density at radius 3 is 2.54 bits per heavy atom. The minimum atomic E-state index is -0.973. The first-order valence-corrected chi connectivity index (χ1v) is 10.9. The van der Waals surface area contributed by atoms with Crippen molar-refractivity contribution in [3.63, 3.8) is 0 Å². The van der Waals surface area contributed by atoms with Crippen molar-refractivity contribution in [1.82, 2.24) is 4.90 Å². The predicted molar refractivity (Wildman–Crippen MR) is 116 cm³/mol. The van der Waals surface area contributed by atoms with Crippen molar-refractivity contribution in [2.75, 3.05) is 26.4 Å². The topological polar surface area (TPSA) is 59.0 Å². The van der Waals surface area contributed by atoms with Gasteiger partial charge in [0.15, 0.2) is 0 Å².